The summed E-state index contributed by atoms with van der Waals surface area (Å²) in [5, 5.41) is 0. The van der Waals surface area contributed by atoms with E-state index in [1.807, 2.05) is 12.4 Å². The first-order valence-electron chi connectivity index (χ1n) is 7.38. The van der Waals surface area contributed by atoms with Gasteiger partial charge in [0.15, 0.2) is 0 Å². The lowest BCUT2D eigenvalue weighted by Crippen LogP contribution is -2.27. The summed E-state index contributed by atoms with van der Waals surface area (Å²) < 4.78 is 26.9. The smallest absolute Gasteiger partial charge is 0.264 e. The molecule has 1 aliphatic carbocycles. The van der Waals surface area contributed by atoms with Crippen molar-refractivity contribution in [1.82, 2.24) is 9.97 Å². The summed E-state index contributed by atoms with van der Waals surface area (Å²) in [4.78, 5) is 11.0. The number of hydrogen-bond acceptors (Lipinski definition) is 6. The third-order valence-electron chi connectivity index (χ3n) is 4.36. The minimum atomic E-state index is -3.32. The number of aromatic nitrogens is 2. The first-order valence-corrected chi connectivity index (χ1v) is 9.20. The molecule has 0 N–H and O–H groups in total. The van der Waals surface area contributed by atoms with Gasteiger partial charge in [-0.3, -0.25) is 4.18 Å². The summed E-state index contributed by atoms with van der Waals surface area (Å²) in [6.07, 6.45) is 7.01. The van der Waals surface area contributed by atoms with Crippen LogP contribution in [0, 0.1) is 17.8 Å². The Kier molecular flexibility index (Phi) is 3.88. The predicted molar refractivity (Wildman–Crippen MR) is 79.5 cm³/mol. The predicted octanol–water partition coefficient (Wildman–Crippen LogP) is 1.09. The average Bonchev–Trinajstić information content (AvgIpc) is 2.88. The number of anilines is 1. The van der Waals surface area contributed by atoms with Crippen LogP contribution >= 0.6 is 0 Å². The van der Waals surface area contributed by atoms with Crippen LogP contribution in [-0.4, -0.2) is 44.3 Å². The number of rotatable bonds is 6. The van der Waals surface area contributed by atoms with E-state index in [9.17, 15) is 8.42 Å². The summed E-state index contributed by atoms with van der Waals surface area (Å²) in [6.45, 7) is 4.25. The van der Waals surface area contributed by atoms with Crippen molar-refractivity contribution in [3.8, 4) is 0 Å². The van der Waals surface area contributed by atoms with Crippen molar-refractivity contribution in [1.29, 1.82) is 0 Å². The van der Waals surface area contributed by atoms with Gasteiger partial charge in [0.1, 0.15) is 0 Å². The van der Waals surface area contributed by atoms with Crippen LogP contribution in [0.25, 0.3) is 0 Å². The highest BCUT2D eigenvalue weighted by atomic mass is 32.2. The molecule has 1 aliphatic heterocycles. The Bertz CT molecular complexity index is 590. The van der Waals surface area contributed by atoms with Gasteiger partial charge in [-0.25, -0.2) is 9.97 Å². The third kappa shape index (κ3) is 3.35. The van der Waals surface area contributed by atoms with E-state index in [0.717, 1.165) is 38.1 Å². The maximum Gasteiger partial charge on any atom is 0.264 e. The largest absolute Gasteiger partial charge is 0.340 e. The fraction of sp³-hybridized carbons (Fsp3) is 0.714. The van der Waals surface area contributed by atoms with Gasteiger partial charge in [0, 0.05) is 25.5 Å². The van der Waals surface area contributed by atoms with Crippen LogP contribution in [0.1, 0.15) is 18.9 Å². The number of aryl methyl sites for hydroxylation is 1. The van der Waals surface area contributed by atoms with Crippen LogP contribution < -0.4 is 4.90 Å². The normalized spacial score (nSPS) is 27.7. The van der Waals surface area contributed by atoms with E-state index >= 15 is 0 Å². The van der Waals surface area contributed by atoms with Crippen molar-refractivity contribution in [2.45, 2.75) is 19.8 Å². The minimum Gasteiger partial charge on any atom is -0.340 e. The highest BCUT2D eigenvalue weighted by molar-refractivity contribution is 7.85. The zero-order valence-corrected chi connectivity index (χ0v) is 13.2. The highest BCUT2D eigenvalue weighted by Gasteiger charge is 2.56. The van der Waals surface area contributed by atoms with E-state index in [-0.39, 0.29) is 0 Å². The molecule has 7 heteroatoms. The zero-order valence-electron chi connectivity index (χ0n) is 12.4. The molecule has 6 nitrogen and oxygen atoms in total. The Morgan fingerprint density at radius 3 is 2.43 bits per heavy atom. The standard InChI is InChI=1S/C14H21N3O3S/c1-3-4-10-5-15-14(16-6-10)17-7-11-12(8-17)13(11)9-20-21(2,18)19/h5-6,11-13H,3-4,7-9H2,1-2H3/t11-,12?,13?/m1/s1. The maximum atomic E-state index is 11.0. The highest BCUT2D eigenvalue weighted by Crippen LogP contribution is 2.52. The Morgan fingerprint density at radius 1 is 1.29 bits per heavy atom. The van der Waals surface area contributed by atoms with Crippen LogP contribution in [0.4, 0.5) is 5.95 Å². The van der Waals surface area contributed by atoms with Gasteiger partial charge in [-0.1, -0.05) is 13.3 Å². The zero-order chi connectivity index (χ0) is 15.0. The first-order chi connectivity index (χ1) is 9.98. The monoisotopic (exact) mass is 311 g/mol. The number of piperidine rings is 1. The van der Waals surface area contributed by atoms with Gasteiger partial charge in [0.05, 0.1) is 12.9 Å². The summed E-state index contributed by atoms with van der Waals surface area (Å²) in [5.74, 6) is 2.19. The van der Waals surface area contributed by atoms with E-state index < -0.39 is 10.1 Å². The van der Waals surface area contributed by atoms with E-state index in [1.165, 1.54) is 5.56 Å². The van der Waals surface area contributed by atoms with Gasteiger partial charge < -0.3 is 4.90 Å². The molecule has 1 saturated heterocycles. The molecule has 0 aromatic carbocycles. The van der Waals surface area contributed by atoms with Crippen molar-refractivity contribution >= 4 is 16.1 Å². The summed E-state index contributed by atoms with van der Waals surface area (Å²) in [7, 11) is -3.32. The molecule has 0 bridgehead atoms. The SMILES string of the molecule is CCCc1cnc(N2CC3C(COS(C)(=O)=O)[C@@H]3C2)nc1. The molecule has 2 aliphatic rings. The van der Waals surface area contributed by atoms with Crippen LogP contribution in [0.3, 0.4) is 0 Å². The Balaban J connectivity index is 1.52. The summed E-state index contributed by atoms with van der Waals surface area (Å²) in [5.41, 5.74) is 1.17. The first kappa shape index (κ1) is 14.7. The molecule has 3 rings (SSSR count). The van der Waals surface area contributed by atoms with Gasteiger partial charge in [0.2, 0.25) is 5.95 Å². The van der Waals surface area contributed by atoms with Gasteiger partial charge >= 0.3 is 0 Å². The average molecular weight is 311 g/mol. The Hall–Kier alpha value is -1.21. The Morgan fingerprint density at radius 2 is 1.90 bits per heavy atom. The maximum absolute atomic E-state index is 11.0. The number of nitrogens with zero attached hydrogens (tertiary/aromatic N) is 3. The van der Waals surface area contributed by atoms with Crippen LogP contribution in [-0.2, 0) is 20.7 Å². The van der Waals surface area contributed by atoms with Crippen molar-refractivity contribution in [2.24, 2.45) is 17.8 Å². The molecule has 3 atom stereocenters. The lowest BCUT2D eigenvalue weighted by atomic mass is 10.2. The van der Waals surface area contributed by atoms with E-state index in [1.54, 1.807) is 0 Å². The van der Waals surface area contributed by atoms with Gasteiger partial charge in [-0.2, -0.15) is 8.42 Å². The van der Waals surface area contributed by atoms with Gasteiger partial charge in [-0.05, 0) is 29.7 Å². The molecular formula is C14H21N3O3S. The lowest BCUT2D eigenvalue weighted by Gasteiger charge is -2.19. The molecule has 0 radical (unpaired) electrons. The van der Waals surface area contributed by atoms with Crippen LogP contribution in [0.5, 0.6) is 0 Å². The molecule has 116 valence electrons. The molecule has 0 amide bonds. The van der Waals surface area contributed by atoms with Crippen molar-refractivity contribution < 1.29 is 12.6 Å². The van der Waals surface area contributed by atoms with Crippen LogP contribution in [0.2, 0.25) is 0 Å². The second-order valence-corrected chi connectivity index (χ2v) is 7.67. The molecule has 1 aromatic rings. The van der Waals surface area contributed by atoms with E-state index in [2.05, 4.69) is 21.8 Å². The van der Waals surface area contributed by atoms with Crippen molar-refractivity contribution in [3.63, 3.8) is 0 Å². The summed E-state index contributed by atoms with van der Waals surface area (Å²) >= 11 is 0. The topological polar surface area (TPSA) is 72.4 Å². The molecule has 1 aromatic heterocycles. The fourth-order valence-corrected chi connectivity index (χ4v) is 3.60. The molecule has 21 heavy (non-hydrogen) atoms. The van der Waals surface area contributed by atoms with Crippen LogP contribution in [0.15, 0.2) is 12.4 Å². The second-order valence-electron chi connectivity index (χ2n) is 6.03. The van der Waals surface area contributed by atoms with E-state index in [0.29, 0.717) is 24.4 Å². The van der Waals surface area contributed by atoms with Crippen molar-refractivity contribution in [3.05, 3.63) is 18.0 Å². The number of hydrogen-bond donors (Lipinski definition) is 0. The molecular weight excluding hydrogens is 290 g/mol. The van der Waals surface area contributed by atoms with E-state index in [4.69, 9.17) is 4.18 Å². The van der Waals surface area contributed by atoms with Crippen molar-refractivity contribution in [2.75, 3.05) is 30.9 Å². The third-order valence-corrected chi connectivity index (χ3v) is 4.92. The Labute approximate surface area is 125 Å². The van der Waals surface area contributed by atoms with Gasteiger partial charge in [0.25, 0.3) is 10.1 Å². The lowest BCUT2D eigenvalue weighted by molar-refractivity contribution is 0.289. The second kappa shape index (κ2) is 5.53. The van der Waals surface area contributed by atoms with Gasteiger partial charge in [-0.15, -0.1) is 0 Å². The minimum absolute atomic E-state index is 0.318. The molecule has 1 saturated carbocycles. The summed E-state index contributed by atoms with van der Waals surface area (Å²) in [6, 6.07) is 0. The molecule has 2 unspecified atom stereocenters. The molecule has 2 heterocycles. The number of fused-ring (bicyclic) bond motifs is 1. The molecule has 0 spiro atoms. The quantitative estimate of drug-likeness (QED) is 0.732. The molecule has 2 fully saturated rings. The fourth-order valence-electron chi connectivity index (χ4n) is 3.19.